The van der Waals surface area contributed by atoms with E-state index in [1.54, 1.807) is 0 Å². The van der Waals surface area contributed by atoms with Crippen molar-refractivity contribution < 1.29 is 0 Å². The van der Waals surface area contributed by atoms with Gasteiger partial charge in [-0.15, -0.1) is 0 Å². The number of nitrogens with two attached hydrogens (primary N) is 1. The predicted octanol–water partition coefficient (Wildman–Crippen LogP) is 2.70. The number of hydrogen-bond donors (Lipinski definition) is 2. The van der Waals surface area contributed by atoms with Crippen LogP contribution in [0, 0.1) is 0 Å². The highest BCUT2D eigenvalue weighted by molar-refractivity contribution is 5.78. The van der Waals surface area contributed by atoms with Gasteiger partial charge in [0.1, 0.15) is 0 Å². The summed E-state index contributed by atoms with van der Waals surface area (Å²) < 4.78 is 0. The third kappa shape index (κ3) is 3.96. The van der Waals surface area contributed by atoms with Gasteiger partial charge in [0, 0.05) is 11.7 Å². The number of guanidine groups is 1. The molecule has 1 heterocycles. The van der Waals surface area contributed by atoms with Crippen LogP contribution in [0.5, 0.6) is 0 Å². The molecule has 3 N–H and O–H groups in total. The molecule has 1 aromatic rings. The normalized spacial score (nSPS) is 20.1. The Hall–Kier alpha value is -1.58. The van der Waals surface area contributed by atoms with E-state index in [0.717, 1.165) is 12.1 Å². The highest BCUT2D eigenvalue weighted by atomic mass is 15.1. The molecule has 1 fully saturated rings. The fourth-order valence-corrected chi connectivity index (χ4v) is 3.38. The average molecular weight is 286 g/mol. The van der Waals surface area contributed by atoms with Gasteiger partial charge < -0.3 is 11.1 Å². The number of aliphatic imine (C=N–C) groups is 1. The fraction of sp³-hybridized carbons (Fsp3) is 0.647. The molecule has 4 heteroatoms. The second-order valence-corrected chi connectivity index (χ2v) is 6.30. The predicted molar refractivity (Wildman–Crippen MR) is 86.2 cm³/mol. The monoisotopic (exact) mass is 286 g/mol. The van der Waals surface area contributed by atoms with Crippen molar-refractivity contribution in [2.75, 3.05) is 0 Å². The highest BCUT2D eigenvalue weighted by Gasteiger charge is 2.13. The van der Waals surface area contributed by atoms with Gasteiger partial charge in [0.2, 0.25) is 0 Å². The smallest absolute Gasteiger partial charge is 0.189 e. The Balaban J connectivity index is 1.56. The van der Waals surface area contributed by atoms with E-state index in [9.17, 15) is 0 Å². The molecule has 0 bridgehead atoms. The number of aromatic nitrogens is 1. The van der Waals surface area contributed by atoms with E-state index < -0.39 is 0 Å². The van der Waals surface area contributed by atoms with E-state index in [0.29, 0.717) is 18.5 Å². The Morgan fingerprint density at radius 1 is 1.14 bits per heavy atom. The maximum atomic E-state index is 6.00. The average Bonchev–Trinajstić information content (AvgIpc) is 2.54. The second-order valence-electron chi connectivity index (χ2n) is 6.30. The van der Waals surface area contributed by atoms with Crippen LogP contribution in [0.25, 0.3) is 0 Å². The third-order valence-corrected chi connectivity index (χ3v) is 4.60. The number of hydrogen-bond acceptors (Lipinski definition) is 2. The van der Waals surface area contributed by atoms with Crippen LogP contribution < -0.4 is 11.1 Å². The zero-order valence-electron chi connectivity index (χ0n) is 12.8. The fourth-order valence-electron chi connectivity index (χ4n) is 3.38. The van der Waals surface area contributed by atoms with Crippen LogP contribution in [-0.2, 0) is 19.4 Å². The Labute approximate surface area is 127 Å². The number of rotatable bonds is 3. The Morgan fingerprint density at radius 3 is 2.81 bits per heavy atom. The lowest BCUT2D eigenvalue weighted by atomic mass is 9.96. The van der Waals surface area contributed by atoms with Gasteiger partial charge in [0.15, 0.2) is 5.96 Å². The minimum Gasteiger partial charge on any atom is -0.370 e. The van der Waals surface area contributed by atoms with Gasteiger partial charge in [-0.1, -0.05) is 25.3 Å². The summed E-state index contributed by atoms with van der Waals surface area (Å²) in [6.07, 6.45) is 11.2. The van der Waals surface area contributed by atoms with Crippen LogP contribution in [0.15, 0.2) is 17.1 Å². The molecule has 0 spiro atoms. The standard InChI is InChI=1S/C17H26N4/c18-17(21-14-7-2-1-3-8-14)19-12-15-11-10-13-6-4-5-9-16(13)20-15/h10-11,14H,1-9,12H2,(H3,18,19,21). The first-order valence-electron chi connectivity index (χ1n) is 8.35. The molecular weight excluding hydrogens is 260 g/mol. The van der Waals surface area contributed by atoms with Crippen LogP contribution in [0.2, 0.25) is 0 Å². The molecule has 0 amide bonds. The summed E-state index contributed by atoms with van der Waals surface area (Å²) in [6, 6.07) is 4.83. The Kier molecular flexibility index (Phi) is 4.73. The van der Waals surface area contributed by atoms with E-state index in [-0.39, 0.29) is 0 Å². The molecule has 1 aromatic heterocycles. The van der Waals surface area contributed by atoms with Crippen molar-refractivity contribution in [3.05, 3.63) is 29.1 Å². The number of nitrogens with one attached hydrogen (secondary N) is 1. The number of nitrogens with zero attached hydrogens (tertiary/aromatic N) is 2. The lowest BCUT2D eigenvalue weighted by Crippen LogP contribution is -2.41. The van der Waals surface area contributed by atoms with Gasteiger partial charge in [-0.05, 0) is 50.2 Å². The molecule has 21 heavy (non-hydrogen) atoms. The summed E-state index contributed by atoms with van der Waals surface area (Å²) in [6.45, 7) is 0.582. The molecular formula is C17H26N4. The van der Waals surface area contributed by atoms with E-state index in [1.165, 1.54) is 62.6 Å². The van der Waals surface area contributed by atoms with Gasteiger partial charge in [-0.2, -0.15) is 0 Å². The molecule has 0 atom stereocenters. The summed E-state index contributed by atoms with van der Waals surface area (Å²) >= 11 is 0. The van der Waals surface area contributed by atoms with Crippen molar-refractivity contribution >= 4 is 5.96 Å². The first-order chi connectivity index (χ1) is 10.3. The first-order valence-corrected chi connectivity index (χ1v) is 8.35. The van der Waals surface area contributed by atoms with E-state index in [2.05, 4.69) is 22.4 Å². The molecule has 114 valence electrons. The lowest BCUT2D eigenvalue weighted by molar-refractivity contribution is 0.412. The van der Waals surface area contributed by atoms with Gasteiger partial charge >= 0.3 is 0 Å². The first kappa shape index (κ1) is 14.4. The molecule has 0 saturated heterocycles. The Bertz CT molecular complexity index is 504. The van der Waals surface area contributed by atoms with Gasteiger partial charge in [0.05, 0.1) is 12.2 Å². The molecule has 4 nitrogen and oxygen atoms in total. The lowest BCUT2D eigenvalue weighted by Gasteiger charge is -2.23. The van der Waals surface area contributed by atoms with Crippen LogP contribution in [0.1, 0.15) is 61.9 Å². The summed E-state index contributed by atoms with van der Waals surface area (Å²) in [7, 11) is 0. The molecule has 0 aromatic carbocycles. The molecule has 2 aliphatic rings. The molecule has 2 aliphatic carbocycles. The number of fused-ring (bicyclic) bond motifs is 1. The Morgan fingerprint density at radius 2 is 1.95 bits per heavy atom. The topological polar surface area (TPSA) is 63.3 Å². The molecule has 0 unspecified atom stereocenters. The van der Waals surface area contributed by atoms with Crippen LogP contribution in [0.3, 0.4) is 0 Å². The zero-order valence-corrected chi connectivity index (χ0v) is 12.8. The summed E-state index contributed by atoms with van der Waals surface area (Å²) in [5.41, 5.74) is 9.72. The summed E-state index contributed by atoms with van der Waals surface area (Å²) in [4.78, 5) is 9.20. The van der Waals surface area contributed by atoms with Crippen LogP contribution in [-0.4, -0.2) is 17.0 Å². The minimum absolute atomic E-state index is 0.513. The quantitative estimate of drug-likeness (QED) is 0.663. The maximum absolute atomic E-state index is 6.00. The van der Waals surface area contributed by atoms with Crippen molar-refractivity contribution in [2.45, 2.75) is 70.4 Å². The van der Waals surface area contributed by atoms with E-state index >= 15 is 0 Å². The SMILES string of the molecule is NC(=NCc1ccc2c(n1)CCCC2)NC1CCCCC1. The van der Waals surface area contributed by atoms with Crippen LogP contribution >= 0.6 is 0 Å². The summed E-state index contributed by atoms with van der Waals surface area (Å²) in [5, 5.41) is 3.35. The maximum Gasteiger partial charge on any atom is 0.189 e. The van der Waals surface area contributed by atoms with E-state index in [4.69, 9.17) is 10.7 Å². The number of pyridine rings is 1. The molecule has 0 aliphatic heterocycles. The summed E-state index contributed by atoms with van der Waals surface area (Å²) in [5.74, 6) is 0.571. The molecule has 1 saturated carbocycles. The number of aryl methyl sites for hydroxylation is 2. The van der Waals surface area contributed by atoms with Gasteiger partial charge in [0.25, 0.3) is 0 Å². The van der Waals surface area contributed by atoms with Crippen molar-refractivity contribution in [3.8, 4) is 0 Å². The van der Waals surface area contributed by atoms with Crippen LogP contribution in [0.4, 0.5) is 0 Å². The highest BCUT2D eigenvalue weighted by Crippen LogP contribution is 2.20. The molecule has 3 rings (SSSR count). The third-order valence-electron chi connectivity index (χ3n) is 4.60. The zero-order chi connectivity index (χ0) is 14.5. The van der Waals surface area contributed by atoms with Crippen molar-refractivity contribution in [3.63, 3.8) is 0 Å². The molecule has 0 radical (unpaired) electrons. The van der Waals surface area contributed by atoms with Crippen molar-refractivity contribution in [1.82, 2.24) is 10.3 Å². The second kappa shape index (κ2) is 6.92. The van der Waals surface area contributed by atoms with Crippen molar-refractivity contribution in [2.24, 2.45) is 10.7 Å². The van der Waals surface area contributed by atoms with Gasteiger partial charge in [-0.3, -0.25) is 4.98 Å². The largest absolute Gasteiger partial charge is 0.370 e. The minimum atomic E-state index is 0.513. The van der Waals surface area contributed by atoms with Crippen molar-refractivity contribution in [1.29, 1.82) is 0 Å². The van der Waals surface area contributed by atoms with Gasteiger partial charge in [-0.25, -0.2) is 4.99 Å². The van der Waals surface area contributed by atoms with E-state index in [1.807, 2.05) is 0 Å².